The summed E-state index contributed by atoms with van der Waals surface area (Å²) in [4.78, 5) is 6.68. The van der Waals surface area contributed by atoms with Crippen molar-refractivity contribution in [1.29, 1.82) is 0 Å². The average Bonchev–Trinajstić information content (AvgIpc) is 3.20. The van der Waals surface area contributed by atoms with Gasteiger partial charge in [-0.1, -0.05) is 6.07 Å². The SMILES string of the molecule is Nc1n[s+]([O-])nc1NCCCN(Cc1ccsc1)c1ccccn1. The van der Waals surface area contributed by atoms with Gasteiger partial charge in [0.05, 0.1) is 0 Å². The lowest BCUT2D eigenvalue weighted by atomic mass is 10.2. The summed E-state index contributed by atoms with van der Waals surface area (Å²) in [5.74, 6) is 1.56. The molecule has 0 amide bonds. The van der Waals surface area contributed by atoms with E-state index in [-0.39, 0.29) is 5.82 Å². The molecule has 9 heteroatoms. The standard InChI is InChI=1S/C15H18N6OS2/c16-14-15(20-24(22)19-14)18-7-3-8-21(10-12-5-9-23-11-12)13-4-1-2-6-17-13/h1-2,4-6,9,11H,3,7-8,10H2,(H2,16,19)(H,18,20). The largest absolute Gasteiger partial charge is 0.546 e. The van der Waals surface area contributed by atoms with Crippen molar-refractivity contribution in [2.75, 3.05) is 29.0 Å². The van der Waals surface area contributed by atoms with Crippen molar-refractivity contribution in [2.24, 2.45) is 0 Å². The van der Waals surface area contributed by atoms with Crippen molar-refractivity contribution in [3.8, 4) is 0 Å². The van der Waals surface area contributed by atoms with E-state index in [0.29, 0.717) is 12.4 Å². The fourth-order valence-electron chi connectivity index (χ4n) is 2.29. The molecule has 3 aromatic rings. The summed E-state index contributed by atoms with van der Waals surface area (Å²) >= 11 is 0.112. The molecule has 3 rings (SSSR count). The van der Waals surface area contributed by atoms with Crippen LogP contribution in [0.3, 0.4) is 0 Å². The van der Waals surface area contributed by atoms with Crippen LogP contribution in [0.1, 0.15) is 12.0 Å². The lowest BCUT2D eigenvalue weighted by Crippen LogP contribution is -2.26. The first-order chi connectivity index (χ1) is 11.7. The maximum absolute atomic E-state index is 11.2. The van der Waals surface area contributed by atoms with Gasteiger partial charge in [-0.15, -0.1) is 0 Å². The van der Waals surface area contributed by atoms with Gasteiger partial charge in [0.25, 0.3) is 0 Å². The van der Waals surface area contributed by atoms with Gasteiger partial charge >= 0.3 is 0 Å². The van der Waals surface area contributed by atoms with Gasteiger partial charge in [-0.2, -0.15) is 11.3 Å². The molecule has 7 nitrogen and oxygen atoms in total. The topological polar surface area (TPSA) is 103 Å². The molecule has 1 atom stereocenters. The average molecular weight is 362 g/mol. The van der Waals surface area contributed by atoms with Crippen molar-refractivity contribution >= 4 is 39.9 Å². The second-order valence-corrected chi connectivity index (χ2v) is 6.78. The van der Waals surface area contributed by atoms with Crippen LogP contribution in [0, 0.1) is 0 Å². The molecule has 3 aromatic heterocycles. The molecule has 0 bridgehead atoms. The van der Waals surface area contributed by atoms with E-state index in [0.717, 1.165) is 25.3 Å². The molecule has 0 fully saturated rings. The van der Waals surface area contributed by atoms with Crippen molar-refractivity contribution in [3.05, 3.63) is 46.8 Å². The number of pyridine rings is 1. The summed E-state index contributed by atoms with van der Waals surface area (Å²) in [5.41, 5.74) is 6.91. The van der Waals surface area contributed by atoms with Gasteiger partial charge in [-0.25, -0.2) is 4.98 Å². The summed E-state index contributed by atoms with van der Waals surface area (Å²) in [5, 5.41) is 7.31. The molecule has 0 aliphatic rings. The van der Waals surface area contributed by atoms with E-state index in [4.69, 9.17) is 5.73 Å². The molecule has 0 saturated heterocycles. The molecular weight excluding hydrogens is 344 g/mol. The Morgan fingerprint density at radius 3 is 2.88 bits per heavy atom. The highest BCUT2D eigenvalue weighted by molar-refractivity contribution is 7.14. The fraction of sp³-hybridized carbons (Fsp3) is 0.267. The van der Waals surface area contributed by atoms with Crippen LogP contribution >= 0.6 is 22.5 Å². The number of thiophene rings is 1. The first kappa shape index (κ1) is 16.6. The zero-order valence-corrected chi connectivity index (χ0v) is 14.6. The van der Waals surface area contributed by atoms with Gasteiger partial charge in [-0.05, 0) is 40.9 Å². The van der Waals surface area contributed by atoms with Gasteiger partial charge in [-0.3, -0.25) is 0 Å². The summed E-state index contributed by atoms with van der Waals surface area (Å²) in [7, 11) is 0. The lowest BCUT2D eigenvalue weighted by Gasteiger charge is -2.23. The van der Waals surface area contributed by atoms with E-state index in [9.17, 15) is 4.55 Å². The predicted octanol–water partition coefficient (Wildman–Crippen LogP) is 2.75. The molecule has 3 heterocycles. The highest BCUT2D eigenvalue weighted by atomic mass is 32.2. The minimum absolute atomic E-state index is 0.202. The van der Waals surface area contributed by atoms with E-state index >= 15 is 0 Å². The van der Waals surface area contributed by atoms with E-state index in [2.05, 4.69) is 40.8 Å². The molecule has 0 radical (unpaired) electrons. The van der Waals surface area contributed by atoms with Crippen molar-refractivity contribution in [3.63, 3.8) is 0 Å². The quantitative estimate of drug-likeness (QED) is 0.469. The number of aromatic nitrogens is 3. The Kier molecular flexibility index (Phi) is 5.57. The Hall–Kier alpha value is -2.23. The molecule has 0 saturated carbocycles. The summed E-state index contributed by atoms with van der Waals surface area (Å²) in [6.07, 6.45) is 2.66. The number of anilines is 3. The van der Waals surface area contributed by atoms with E-state index in [1.807, 2.05) is 18.2 Å². The number of nitrogens with two attached hydrogens (primary N) is 1. The fourth-order valence-corrected chi connectivity index (χ4v) is 3.56. The number of hydrogen-bond donors (Lipinski definition) is 2. The maximum Gasteiger partial charge on any atom is 0.232 e. The number of nitrogen functional groups attached to an aromatic ring is 1. The van der Waals surface area contributed by atoms with Crippen LogP contribution in [0.5, 0.6) is 0 Å². The predicted molar refractivity (Wildman–Crippen MR) is 97.8 cm³/mol. The number of nitrogens with one attached hydrogen (secondary N) is 1. The second kappa shape index (κ2) is 8.04. The Morgan fingerprint density at radius 2 is 2.21 bits per heavy atom. The van der Waals surface area contributed by atoms with E-state index in [1.54, 1.807) is 17.5 Å². The van der Waals surface area contributed by atoms with Crippen LogP contribution in [0.4, 0.5) is 17.5 Å². The van der Waals surface area contributed by atoms with E-state index in [1.165, 1.54) is 5.56 Å². The third-order valence-corrected chi connectivity index (χ3v) is 4.84. The van der Waals surface area contributed by atoms with E-state index < -0.39 is 11.1 Å². The van der Waals surface area contributed by atoms with Crippen LogP contribution in [0.25, 0.3) is 0 Å². The first-order valence-electron chi connectivity index (χ1n) is 7.48. The smallest absolute Gasteiger partial charge is 0.232 e. The highest BCUT2D eigenvalue weighted by Gasteiger charge is 2.12. The lowest BCUT2D eigenvalue weighted by molar-refractivity contribution is 0.585. The minimum Gasteiger partial charge on any atom is -0.546 e. The van der Waals surface area contributed by atoms with Gasteiger partial charge in [0.2, 0.25) is 11.6 Å². The second-order valence-electron chi connectivity index (χ2n) is 5.17. The molecule has 0 aliphatic heterocycles. The maximum atomic E-state index is 11.2. The van der Waals surface area contributed by atoms with Crippen LogP contribution in [0.2, 0.25) is 0 Å². The Bertz CT molecular complexity index is 747. The third kappa shape index (κ3) is 4.40. The monoisotopic (exact) mass is 362 g/mol. The van der Waals surface area contributed by atoms with Crippen LogP contribution < -0.4 is 16.0 Å². The normalized spacial score (nSPS) is 11.5. The molecule has 0 spiro atoms. The Morgan fingerprint density at radius 1 is 1.29 bits per heavy atom. The van der Waals surface area contributed by atoms with Crippen molar-refractivity contribution in [2.45, 2.75) is 13.0 Å². The molecular formula is C15H18N6OS2. The number of hydrogen-bond acceptors (Lipinski definition) is 8. The zero-order valence-electron chi connectivity index (χ0n) is 13.0. The minimum atomic E-state index is -1.58. The first-order valence-corrected chi connectivity index (χ1v) is 9.49. The van der Waals surface area contributed by atoms with Crippen molar-refractivity contribution < 1.29 is 4.55 Å². The van der Waals surface area contributed by atoms with Gasteiger partial charge in [0.15, 0.2) is 11.1 Å². The van der Waals surface area contributed by atoms with Crippen LogP contribution in [0.15, 0.2) is 41.2 Å². The molecule has 1 unspecified atom stereocenters. The van der Waals surface area contributed by atoms with Crippen LogP contribution in [-0.4, -0.2) is 31.4 Å². The third-order valence-electron chi connectivity index (χ3n) is 3.41. The number of rotatable bonds is 8. The van der Waals surface area contributed by atoms with Gasteiger partial charge in [0, 0.05) is 34.6 Å². The molecule has 24 heavy (non-hydrogen) atoms. The Balaban J connectivity index is 1.57. The van der Waals surface area contributed by atoms with Gasteiger partial charge in [0.1, 0.15) is 5.82 Å². The van der Waals surface area contributed by atoms with Crippen LogP contribution in [-0.2, 0) is 6.54 Å². The summed E-state index contributed by atoms with van der Waals surface area (Å²) < 4.78 is 18.7. The molecule has 0 aromatic carbocycles. The van der Waals surface area contributed by atoms with Crippen molar-refractivity contribution in [1.82, 2.24) is 13.7 Å². The zero-order chi connectivity index (χ0) is 16.8. The Labute approximate surface area is 147 Å². The summed E-state index contributed by atoms with van der Waals surface area (Å²) in [6, 6.07) is 8.03. The molecule has 126 valence electrons. The highest BCUT2D eigenvalue weighted by Crippen LogP contribution is 2.19. The number of nitrogens with zero attached hydrogens (tertiary/aromatic N) is 4. The summed E-state index contributed by atoms with van der Waals surface area (Å²) in [6.45, 7) is 2.31. The van der Waals surface area contributed by atoms with Gasteiger partial charge < -0.3 is 20.5 Å². The molecule has 0 aliphatic carbocycles. The molecule has 3 N–H and O–H groups in total.